The molecule has 1 fully saturated rings. The Bertz CT molecular complexity index is 346. The lowest BCUT2D eigenvalue weighted by Gasteiger charge is -2.33. The molecule has 0 amide bonds. The SMILES string of the molecule is Cc1cc(O)cc(C)c1[C@@H](N)C1CCC1. The second kappa shape index (κ2) is 3.86. The molecule has 0 aromatic heterocycles. The highest BCUT2D eigenvalue weighted by atomic mass is 16.3. The number of hydrogen-bond acceptors (Lipinski definition) is 2. The summed E-state index contributed by atoms with van der Waals surface area (Å²) in [6.45, 7) is 4.06. The number of phenols is 1. The maximum Gasteiger partial charge on any atom is 0.116 e. The van der Waals surface area contributed by atoms with Crippen molar-refractivity contribution in [3.05, 3.63) is 28.8 Å². The van der Waals surface area contributed by atoms with Crippen LogP contribution in [0.5, 0.6) is 5.75 Å². The van der Waals surface area contributed by atoms with E-state index in [9.17, 15) is 5.11 Å². The van der Waals surface area contributed by atoms with Gasteiger partial charge in [0.1, 0.15) is 5.75 Å². The molecule has 0 heterocycles. The number of aryl methyl sites for hydroxylation is 2. The molecule has 82 valence electrons. The molecule has 1 atom stereocenters. The average Bonchev–Trinajstić information content (AvgIpc) is 1.97. The van der Waals surface area contributed by atoms with Crippen molar-refractivity contribution in [2.75, 3.05) is 0 Å². The number of nitrogens with two attached hydrogens (primary N) is 1. The van der Waals surface area contributed by atoms with Gasteiger partial charge in [0.25, 0.3) is 0 Å². The molecule has 2 nitrogen and oxygen atoms in total. The fourth-order valence-corrected chi connectivity index (χ4v) is 2.51. The highest BCUT2D eigenvalue weighted by molar-refractivity contribution is 5.42. The first-order valence-corrected chi connectivity index (χ1v) is 5.65. The first-order valence-electron chi connectivity index (χ1n) is 5.65. The van der Waals surface area contributed by atoms with Crippen LogP contribution in [0, 0.1) is 19.8 Å². The van der Waals surface area contributed by atoms with Crippen LogP contribution in [0.3, 0.4) is 0 Å². The number of hydrogen-bond donors (Lipinski definition) is 2. The third-order valence-electron chi connectivity index (χ3n) is 3.57. The predicted molar refractivity (Wildman–Crippen MR) is 61.9 cm³/mol. The summed E-state index contributed by atoms with van der Waals surface area (Å²) < 4.78 is 0. The number of rotatable bonds is 2. The Morgan fingerprint density at radius 1 is 1.27 bits per heavy atom. The first kappa shape index (κ1) is 10.5. The molecule has 1 aliphatic rings. The van der Waals surface area contributed by atoms with Gasteiger partial charge in [-0.1, -0.05) is 6.42 Å². The minimum atomic E-state index is 0.152. The maximum atomic E-state index is 9.47. The van der Waals surface area contributed by atoms with E-state index in [-0.39, 0.29) is 6.04 Å². The quantitative estimate of drug-likeness (QED) is 0.779. The zero-order valence-electron chi connectivity index (χ0n) is 9.46. The Morgan fingerprint density at radius 2 is 1.80 bits per heavy atom. The molecule has 0 aliphatic heterocycles. The normalized spacial score (nSPS) is 18.6. The van der Waals surface area contributed by atoms with Gasteiger partial charge in [0.15, 0.2) is 0 Å². The van der Waals surface area contributed by atoms with Gasteiger partial charge in [-0.25, -0.2) is 0 Å². The number of phenolic OH excluding ortho intramolecular Hbond substituents is 1. The van der Waals surface area contributed by atoms with Gasteiger partial charge in [0.05, 0.1) is 0 Å². The molecule has 0 saturated heterocycles. The minimum Gasteiger partial charge on any atom is -0.508 e. The van der Waals surface area contributed by atoms with E-state index >= 15 is 0 Å². The summed E-state index contributed by atoms with van der Waals surface area (Å²) in [4.78, 5) is 0. The van der Waals surface area contributed by atoms with Crippen LogP contribution in [0.2, 0.25) is 0 Å². The Labute approximate surface area is 91.1 Å². The summed E-state index contributed by atoms with van der Waals surface area (Å²) in [6.07, 6.45) is 3.82. The lowest BCUT2D eigenvalue weighted by atomic mass is 9.76. The molecular formula is C13H19NO. The van der Waals surface area contributed by atoms with E-state index in [2.05, 4.69) is 0 Å². The van der Waals surface area contributed by atoms with Gasteiger partial charge in [0, 0.05) is 6.04 Å². The third-order valence-corrected chi connectivity index (χ3v) is 3.57. The van der Waals surface area contributed by atoms with E-state index in [1.807, 2.05) is 13.8 Å². The molecular weight excluding hydrogens is 186 g/mol. The van der Waals surface area contributed by atoms with Crippen molar-refractivity contribution in [1.82, 2.24) is 0 Å². The molecule has 3 N–H and O–H groups in total. The molecule has 1 saturated carbocycles. The van der Waals surface area contributed by atoms with Gasteiger partial charge in [-0.05, 0) is 61.4 Å². The van der Waals surface area contributed by atoms with Crippen LogP contribution in [-0.4, -0.2) is 5.11 Å². The van der Waals surface area contributed by atoms with Crippen LogP contribution in [-0.2, 0) is 0 Å². The van der Waals surface area contributed by atoms with Gasteiger partial charge >= 0.3 is 0 Å². The van der Waals surface area contributed by atoms with Gasteiger partial charge in [-0.2, -0.15) is 0 Å². The molecule has 1 aromatic carbocycles. The highest BCUT2D eigenvalue weighted by Crippen LogP contribution is 2.38. The summed E-state index contributed by atoms with van der Waals surface area (Å²) in [6, 6.07) is 3.76. The van der Waals surface area contributed by atoms with Crippen molar-refractivity contribution >= 4 is 0 Å². The topological polar surface area (TPSA) is 46.2 Å². The molecule has 0 bridgehead atoms. The second-order valence-corrected chi connectivity index (χ2v) is 4.71. The summed E-state index contributed by atoms with van der Waals surface area (Å²) in [5.41, 5.74) is 9.74. The van der Waals surface area contributed by atoms with Crippen LogP contribution < -0.4 is 5.73 Å². The van der Waals surface area contributed by atoms with E-state index in [0.717, 1.165) is 11.1 Å². The Hall–Kier alpha value is -1.02. The molecule has 2 heteroatoms. The summed E-state index contributed by atoms with van der Waals surface area (Å²) in [5.74, 6) is 0.988. The van der Waals surface area contributed by atoms with Crippen molar-refractivity contribution in [3.8, 4) is 5.75 Å². The van der Waals surface area contributed by atoms with Crippen molar-refractivity contribution in [3.63, 3.8) is 0 Å². The van der Waals surface area contributed by atoms with Crippen LogP contribution in [0.4, 0.5) is 0 Å². The standard InChI is InChI=1S/C13H19NO/c1-8-6-11(15)7-9(2)12(8)13(14)10-4-3-5-10/h6-7,10,13,15H,3-5,14H2,1-2H3/t13-/m0/s1. The van der Waals surface area contributed by atoms with Gasteiger partial charge in [0.2, 0.25) is 0 Å². The maximum absolute atomic E-state index is 9.47. The van der Waals surface area contributed by atoms with E-state index in [1.165, 1.54) is 24.8 Å². The van der Waals surface area contributed by atoms with Gasteiger partial charge in [-0.15, -0.1) is 0 Å². The van der Waals surface area contributed by atoms with Crippen molar-refractivity contribution in [2.24, 2.45) is 11.7 Å². The molecule has 1 aromatic rings. The summed E-state index contributed by atoms with van der Waals surface area (Å²) in [5, 5.41) is 9.47. The van der Waals surface area contributed by atoms with E-state index < -0.39 is 0 Å². The average molecular weight is 205 g/mol. The molecule has 1 aliphatic carbocycles. The number of aromatic hydroxyl groups is 1. The van der Waals surface area contributed by atoms with Crippen LogP contribution >= 0.6 is 0 Å². The predicted octanol–water partition coefficient (Wildman–Crippen LogP) is 2.81. The minimum absolute atomic E-state index is 0.152. The Kier molecular flexibility index (Phi) is 2.70. The third kappa shape index (κ3) is 1.86. The van der Waals surface area contributed by atoms with E-state index in [4.69, 9.17) is 5.73 Å². The fourth-order valence-electron chi connectivity index (χ4n) is 2.51. The van der Waals surface area contributed by atoms with Gasteiger partial charge < -0.3 is 10.8 Å². The summed E-state index contributed by atoms with van der Waals surface area (Å²) in [7, 11) is 0. The zero-order chi connectivity index (χ0) is 11.0. The molecule has 0 spiro atoms. The van der Waals surface area contributed by atoms with Crippen LogP contribution in [0.1, 0.15) is 42.0 Å². The van der Waals surface area contributed by atoms with E-state index in [0.29, 0.717) is 11.7 Å². The van der Waals surface area contributed by atoms with Gasteiger partial charge in [-0.3, -0.25) is 0 Å². The van der Waals surface area contributed by atoms with Crippen molar-refractivity contribution in [2.45, 2.75) is 39.2 Å². The summed E-state index contributed by atoms with van der Waals surface area (Å²) >= 11 is 0. The lowest BCUT2D eigenvalue weighted by Crippen LogP contribution is -2.28. The Morgan fingerprint density at radius 3 is 2.20 bits per heavy atom. The van der Waals surface area contributed by atoms with Crippen molar-refractivity contribution < 1.29 is 5.11 Å². The monoisotopic (exact) mass is 205 g/mol. The molecule has 0 radical (unpaired) electrons. The van der Waals surface area contributed by atoms with Crippen LogP contribution in [0.25, 0.3) is 0 Å². The zero-order valence-corrected chi connectivity index (χ0v) is 9.46. The molecule has 15 heavy (non-hydrogen) atoms. The smallest absolute Gasteiger partial charge is 0.116 e. The first-order chi connectivity index (χ1) is 7.09. The second-order valence-electron chi connectivity index (χ2n) is 4.71. The fraction of sp³-hybridized carbons (Fsp3) is 0.538. The Balaban J connectivity index is 2.33. The lowest BCUT2D eigenvalue weighted by molar-refractivity contribution is 0.263. The largest absolute Gasteiger partial charge is 0.508 e. The molecule has 0 unspecified atom stereocenters. The van der Waals surface area contributed by atoms with Crippen molar-refractivity contribution in [1.29, 1.82) is 0 Å². The molecule has 2 rings (SSSR count). The highest BCUT2D eigenvalue weighted by Gasteiger charge is 2.27. The van der Waals surface area contributed by atoms with Crippen LogP contribution in [0.15, 0.2) is 12.1 Å². The van der Waals surface area contributed by atoms with E-state index in [1.54, 1.807) is 12.1 Å². The number of benzene rings is 1.